The van der Waals surface area contributed by atoms with Gasteiger partial charge in [0, 0.05) is 64.3 Å². The van der Waals surface area contributed by atoms with E-state index < -0.39 is 0 Å². The van der Waals surface area contributed by atoms with E-state index in [1.165, 1.54) is 6.42 Å². The number of carbonyl (C=O) groups excluding carboxylic acids is 1. The number of nitrogens with two attached hydrogens (primary N) is 1. The van der Waals surface area contributed by atoms with Crippen LogP contribution in [0.3, 0.4) is 0 Å². The zero-order chi connectivity index (χ0) is 15.8. The van der Waals surface area contributed by atoms with Crippen LogP contribution in [0.5, 0.6) is 0 Å². The summed E-state index contributed by atoms with van der Waals surface area (Å²) < 4.78 is 0. The van der Waals surface area contributed by atoms with Crippen molar-refractivity contribution < 1.29 is 4.79 Å². The van der Waals surface area contributed by atoms with Crippen molar-refractivity contribution in [1.29, 1.82) is 0 Å². The lowest BCUT2D eigenvalue weighted by Crippen LogP contribution is -2.55. The first-order valence-electron chi connectivity index (χ1n) is 8.53. The van der Waals surface area contributed by atoms with Crippen LogP contribution in [0, 0.1) is 0 Å². The third-order valence-electron chi connectivity index (χ3n) is 4.88. The largest absolute Gasteiger partial charge is 0.343 e. The molecule has 1 saturated heterocycles. The third kappa shape index (κ3) is 5.24. The number of hydrogen-bond donors (Lipinski definition) is 1. The van der Waals surface area contributed by atoms with E-state index in [0.717, 1.165) is 39.3 Å². The van der Waals surface area contributed by atoms with Crippen molar-refractivity contribution in [3.05, 3.63) is 0 Å². The van der Waals surface area contributed by atoms with E-state index in [-0.39, 0.29) is 11.9 Å². The van der Waals surface area contributed by atoms with Crippen LogP contribution in [0.1, 0.15) is 40.5 Å². The quantitative estimate of drug-likeness (QED) is 0.726. The first-order chi connectivity index (χ1) is 10.1. The van der Waals surface area contributed by atoms with Crippen LogP contribution in [0.4, 0.5) is 0 Å². The zero-order valence-corrected chi connectivity index (χ0v) is 14.3. The van der Waals surface area contributed by atoms with Crippen molar-refractivity contribution in [2.45, 2.75) is 52.6 Å². The fourth-order valence-corrected chi connectivity index (χ4v) is 3.07. The minimum absolute atomic E-state index is 0.192. The van der Waals surface area contributed by atoms with Gasteiger partial charge in [0.25, 0.3) is 0 Å². The standard InChI is InChI=1S/C16H34N4O/c1-5-14(4)19-8-10-20(11-9-19)15(13-17)12-16(21)18(6-2)7-3/h14-15H,5-13,17H2,1-4H3. The molecular weight excluding hydrogens is 264 g/mol. The fraction of sp³-hybridized carbons (Fsp3) is 0.938. The normalized spacial score (nSPS) is 20.2. The van der Waals surface area contributed by atoms with Gasteiger partial charge in [0.05, 0.1) is 0 Å². The van der Waals surface area contributed by atoms with Gasteiger partial charge in [-0.05, 0) is 27.2 Å². The monoisotopic (exact) mass is 298 g/mol. The second kappa shape index (κ2) is 9.38. The summed E-state index contributed by atoms with van der Waals surface area (Å²) in [6.07, 6.45) is 1.75. The molecule has 0 aromatic carbocycles. The smallest absolute Gasteiger partial charge is 0.224 e. The van der Waals surface area contributed by atoms with Crippen LogP contribution in [-0.4, -0.2) is 78.5 Å². The Morgan fingerprint density at radius 2 is 1.62 bits per heavy atom. The molecule has 0 spiro atoms. The van der Waals surface area contributed by atoms with Gasteiger partial charge < -0.3 is 10.6 Å². The Hall–Kier alpha value is -0.650. The molecule has 0 saturated carbocycles. The molecule has 2 N–H and O–H groups in total. The van der Waals surface area contributed by atoms with E-state index in [2.05, 4.69) is 23.6 Å². The van der Waals surface area contributed by atoms with E-state index in [1.807, 2.05) is 18.7 Å². The van der Waals surface area contributed by atoms with Crippen molar-refractivity contribution >= 4 is 5.91 Å². The van der Waals surface area contributed by atoms with Crippen molar-refractivity contribution in [3.63, 3.8) is 0 Å². The number of hydrogen-bond acceptors (Lipinski definition) is 4. The molecule has 0 aliphatic carbocycles. The molecule has 5 heteroatoms. The minimum Gasteiger partial charge on any atom is -0.343 e. The Morgan fingerprint density at radius 3 is 2.05 bits per heavy atom. The number of piperazine rings is 1. The van der Waals surface area contributed by atoms with Crippen LogP contribution < -0.4 is 5.73 Å². The molecule has 2 unspecified atom stereocenters. The molecule has 0 radical (unpaired) electrons. The van der Waals surface area contributed by atoms with Crippen LogP contribution in [0.25, 0.3) is 0 Å². The third-order valence-corrected chi connectivity index (χ3v) is 4.88. The maximum absolute atomic E-state index is 12.3. The Morgan fingerprint density at radius 1 is 1.10 bits per heavy atom. The van der Waals surface area contributed by atoms with Crippen molar-refractivity contribution in [2.75, 3.05) is 45.8 Å². The Bertz CT molecular complexity index is 299. The zero-order valence-electron chi connectivity index (χ0n) is 14.3. The lowest BCUT2D eigenvalue weighted by Gasteiger charge is -2.41. The summed E-state index contributed by atoms with van der Waals surface area (Å²) in [5.41, 5.74) is 5.93. The molecule has 0 aromatic heterocycles. The van der Waals surface area contributed by atoms with Crippen LogP contribution >= 0.6 is 0 Å². The topological polar surface area (TPSA) is 52.8 Å². The summed E-state index contributed by atoms with van der Waals surface area (Å²) in [5.74, 6) is 0.236. The minimum atomic E-state index is 0.192. The molecule has 1 rings (SSSR count). The highest BCUT2D eigenvalue weighted by molar-refractivity contribution is 5.76. The van der Waals surface area contributed by atoms with Gasteiger partial charge in [-0.15, -0.1) is 0 Å². The first-order valence-corrected chi connectivity index (χ1v) is 8.53. The van der Waals surface area contributed by atoms with Gasteiger partial charge >= 0.3 is 0 Å². The lowest BCUT2D eigenvalue weighted by molar-refractivity contribution is -0.132. The SMILES string of the molecule is CCC(C)N1CCN(C(CN)CC(=O)N(CC)CC)CC1. The van der Waals surface area contributed by atoms with Gasteiger partial charge in [0.15, 0.2) is 0 Å². The molecule has 1 fully saturated rings. The Kier molecular flexibility index (Phi) is 8.22. The highest BCUT2D eigenvalue weighted by Crippen LogP contribution is 2.13. The van der Waals surface area contributed by atoms with Crippen LogP contribution in [0.15, 0.2) is 0 Å². The van der Waals surface area contributed by atoms with Crippen molar-refractivity contribution in [3.8, 4) is 0 Å². The fourth-order valence-electron chi connectivity index (χ4n) is 3.07. The average molecular weight is 298 g/mol. The molecule has 0 aromatic rings. The van der Waals surface area contributed by atoms with Crippen LogP contribution in [0.2, 0.25) is 0 Å². The van der Waals surface area contributed by atoms with E-state index in [1.54, 1.807) is 0 Å². The summed E-state index contributed by atoms with van der Waals surface area (Å²) in [7, 11) is 0. The van der Waals surface area contributed by atoms with E-state index in [4.69, 9.17) is 5.73 Å². The molecule has 124 valence electrons. The van der Waals surface area contributed by atoms with Gasteiger partial charge in [0.1, 0.15) is 0 Å². The van der Waals surface area contributed by atoms with E-state index >= 15 is 0 Å². The van der Waals surface area contributed by atoms with Crippen LogP contribution in [-0.2, 0) is 4.79 Å². The highest BCUT2D eigenvalue weighted by Gasteiger charge is 2.27. The Balaban J connectivity index is 2.49. The molecule has 21 heavy (non-hydrogen) atoms. The predicted molar refractivity (Wildman–Crippen MR) is 88.3 cm³/mol. The predicted octanol–water partition coefficient (Wildman–Crippen LogP) is 0.988. The summed E-state index contributed by atoms with van der Waals surface area (Å²) in [6.45, 7) is 15.0. The Labute approximate surface area is 130 Å². The molecule has 1 aliphatic rings. The number of carbonyl (C=O) groups is 1. The summed E-state index contributed by atoms with van der Waals surface area (Å²) in [6, 6.07) is 0.845. The molecule has 5 nitrogen and oxygen atoms in total. The van der Waals surface area contributed by atoms with Crippen molar-refractivity contribution in [2.24, 2.45) is 5.73 Å². The number of amides is 1. The van der Waals surface area contributed by atoms with Gasteiger partial charge in [-0.2, -0.15) is 0 Å². The summed E-state index contributed by atoms with van der Waals surface area (Å²) in [4.78, 5) is 19.1. The van der Waals surface area contributed by atoms with E-state index in [9.17, 15) is 4.79 Å². The number of rotatable bonds is 8. The average Bonchev–Trinajstić information content (AvgIpc) is 2.53. The number of nitrogens with zero attached hydrogens (tertiary/aromatic N) is 3. The van der Waals surface area contributed by atoms with Gasteiger partial charge in [-0.1, -0.05) is 6.92 Å². The van der Waals surface area contributed by atoms with E-state index in [0.29, 0.717) is 19.0 Å². The van der Waals surface area contributed by atoms with Crippen molar-refractivity contribution in [1.82, 2.24) is 14.7 Å². The maximum atomic E-state index is 12.3. The van der Waals surface area contributed by atoms with Gasteiger partial charge in [0.2, 0.25) is 5.91 Å². The first kappa shape index (κ1) is 18.4. The molecule has 0 bridgehead atoms. The molecule has 1 aliphatic heterocycles. The second-order valence-electron chi connectivity index (χ2n) is 5.99. The molecule has 1 heterocycles. The lowest BCUT2D eigenvalue weighted by atomic mass is 10.1. The molecular formula is C16H34N4O. The van der Waals surface area contributed by atoms with Gasteiger partial charge in [-0.3, -0.25) is 14.6 Å². The summed E-state index contributed by atoms with van der Waals surface area (Å²) >= 11 is 0. The van der Waals surface area contributed by atoms with Gasteiger partial charge in [-0.25, -0.2) is 0 Å². The second-order valence-corrected chi connectivity index (χ2v) is 5.99. The maximum Gasteiger partial charge on any atom is 0.224 e. The molecule has 1 amide bonds. The summed E-state index contributed by atoms with van der Waals surface area (Å²) in [5, 5.41) is 0. The highest BCUT2D eigenvalue weighted by atomic mass is 16.2. The molecule has 2 atom stereocenters.